The standard InChI is InChI=1S/C14H12N2O2/c1-16(9-8-15)14(18)12-7-6-10-4-2-3-5-11(10)13(12)17/h2-7,17H,9H2,1H3. The average molecular weight is 240 g/mol. The fourth-order valence-corrected chi connectivity index (χ4v) is 1.81. The van der Waals surface area contributed by atoms with E-state index in [0.29, 0.717) is 5.39 Å². The lowest BCUT2D eigenvalue weighted by molar-refractivity contribution is 0.0809. The van der Waals surface area contributed by atoms with Crippen LogP contribution in [0.1, 0.15) is 10.4 Å². The van der Waals surface area contributed by atoms with Crippen LogP contribution in [0.5, 0.6) is 5.75 Å². The third-order valence-corrected chi connectivity index (χ3v) is 2.79. The normalized spacial score (nSPS) is 10.0. The molecule has 1 N–H and O–H groups in total. The van der Waals surface area contributed by atoms with Gasteiger partial charge < -0.3 is 10.0 Å². The molecular weight excluding hydrogens is 228 g/mol. The van der Waals surface area contributed by atoms with Crippen molar-refractivity contribution in [1.29, 1.82) is 5.26 Å². The molecule has 1 amide bonds. The number of nitriles is 1. The first kappa shape index (κ1) is 11.9. The van der Waals surface area contributed by atoms with Crippen molar-refractivity contribution >= 4 is 16.7 Å². The van der Waals surface area contributed by atoms with Crippen molar-refractivity contribution in [2.45, 2.75) is 0 Å². The summed E-state index contributed by atoms with van der Waals surface area (Å²) in [7, 11) is 1.53. The lowest BCUT2D eigenvalue weighted by Gasteiger charge is -2.14. The third kappa shape index (κ3) is 1.98. The zero-order valence-corrected chi connectivity index (χ0v) is 9.92. The third-order valence-electron chi connectivity index (χ3n) is 2.79. The molecule has 0 bridgehead atoms. The minimum absolute atomic E-state index is 0.00883. The molecule has 2 aromatic rings. The minimum Gasteiger partial charge on any atom is -0.506 e. The van der Waals surface area contributed by atoms with Crippen LogP contribution in [-0.4, -0.2) is 29.5 Å². The molecule has 0 unspecified atom stereocenters. The molecular formula is C14H12N2O2. The van der Waals surface area contributed by atoms with Gasteiger partial charge in [0.2, 0.25) is 0 Å². The number of amides is 1. The van der Waals surface area contributed by atoms with Crippen LogP contribution >= 0.6 is 0 Å². The van der Waals surface area contributed by atoms with Gasteiger partial charge in [-0.25, -0.2) is 0 Å². The van der Waals surface area contributed by atoms with E-state index in [2.05, 4.69) is 0 Å². The van der Waals surface area contributed by atoms with Crippen LogP contribution in [0.2, 0.25) is 0 Å². The van der Waals surface area contributed by atoms with Gasteiger partial charge in [-0.1, -0.05) is 30.3 Å². The molecule has 0 aliphatic carbocycles. The second-order valence-electron chi connectivity index (χ2n) is 4.00. The SMILES string of the molecule is CN(CC#N)C(=O)c1ccc2ccccc2c1O. The number of phenols is 1. The predicted octanol–water partition coefficient (Wildman–Crippen LogP) is 2.14. The van der Waals surface area contributed by atoms with Crippen LogP contribution in [0.25, 0.3) is 10.8 Å². The molecule has 2 rings (SSSR count). The Morgan fingerprint density at radius 3 is 2.78 bits per heavy atom. The van der Waals surface area contributed by atoms with Gasteiger partial charge in [0, 0.05) is 12.4 Å². The Kier molecular flexibility index (Phi) is 3.16. The van der Waals surface area contributed by atoms with Crippen LogP contribution in [0.4, 0.5) is 0 Å². The summed E-state index contributed by atoms with van der Waals surface area (Å²) >= 11 is 0. The first-order valence-corrected chi connectivity index (χ1v) is 5.48. The van der Waals surface area contributed by atoms with Crippen LogP contribution in [0.3, 0.4) is 0 Å². The molecule has 0 aromatic heterocycles. The number of rotatable bonds is 2. The Balaban J connectivity index is 2.50. The van der Waals surface area contributed by atoms with E-state index in [9.17, 15) is 9.90 Å². The molecule has 90 valence electrons. The largest absolute Gasteiger partial charge is 0.506 e. The molecule has 0 heterocycles. The highest BCUT2D eigenvalue weighted by molar-refractivity contribution is 6.03. The Hall–Kier alpha value is -2.54. The van der Waals surface area contributed by atoms with Crippen molar-refractivity contribution in [3.05, 3.63) is 42.0 Å². The van der Waals surface area contributed by atoms with E-state index in [1.165, 1.54) is 11.9 Å². The van der Waals surface area contributed by atoms with Crippen molar-refractivity contribution in [3.8, 4) is 11.8 Å². The Morgan fingerprint density at radius 1 is 1.33 bits per heavy atom. The summed E-state index contributed by atoms with van der Waals surface area (Å²) in [5, 5.41) is 20.2. The first-order chi connectivity index (χ1) is 8.65. The van der Waals surface area contributed by atoms with Gasteiger partial charge in [-0.05, 0) is 11.5 Å². The summed E-state index contributed by atoms with van der Waals surface area (Å²) in [5.41, 5.74) is 0.214. The van der Waals surface area contributed by atoms with E-state index >= 15 is 0 Å². The molecule has 0 saturated carbocycles. The van der Waals surface area contributed by atoms with E-state index < -0.39 is 0 Å². The van der Waals surface area contributed by atoms with E-state index in [1.54, 1.807) is 24.3 Å². The Labute approximate surface area is 105 Å². The molecule has 0 aliphatic heterocycles. The summed E-state index contributed by atoms with van der Waals surface area (Å²) in [4.78, 5) is 13.3. The monoisotopic (exact) mass is 240 g/mol. The zero-order valence-electron chi connectivity index (χ0n) is 9.92. The molecule has 2 aromatic carbocycles. The maximum absolute atomic E-state index is 12.0. The molecule has 0 aliphatic rings. The number of benzene rings is 2. The molecule has 0 fully saturated rings. The maximum atomic E-state index is 12.0. The number of hydrogen-bond acceptors (Lipinski definition) is 3. The molecule has 0 radical (unpaired) electrons. The van der Waals surface area contributed by atoms with Gasteiger partial charge in [0.05, 0.1) is 11.6 Å². The molecule has 0 atom stereocenters. The van der Waals surface area contributed by atoms with Crippen molar-refractivity contribution in [3.63, 3.8) is 0 Å². The Bertz CT molecular complexity index is 644. The second-order valence-corrected chi connectivity index (χ2v) is 4.00. The molecule has 18 heavy (non-hydrogen) atoms. The van der Waals surface area contributed by atoms with Crippen LogP contribution in [0.15, 0.2) is 36.4 Å². The van der Waals surface area contributed by atoms with Gasteiger partial charge in [0.25, 0.3) is 5.91 Å². The van der Waals surface area contributed by atoms with Crippen LogP contribution < -0.4 is 0 Å². The van der Waals surface area contributed by atoms with Gasteiger partial charge in [-0.2, -0.15) is 5.26 Å². The number of carbonyl (C=O) groups is 1. The van der Waals surface area contributed by atoms with Crippen LogP contribution in [0, 0.1) is 11.3 Å². The van der Waals surface area contributed by atoms with Crippen molar-refractivity contribution in [1.82, 2.24) is 4.90 Å². The van der Waals surface area contributed by atoms with Crippen molar-refractivity contribution < 1.29 is 9.90 Å². The zero-order chi connectivity index (χ0) is 13.1. The van der Waals surface area contributed by atoms with Gasteiger partial charge in [0.1, 0.15) is 12.3 Å². The number of carbonyl (C=O) groups excluding carboxylic acids is 1. The summed E-state index contributed by atoms with van der Waals surface area (Å²) in [5.74, 6) is -0.400. The first-order valence-electron chi connectivity index (χ1n) is 5.48. The quantitative estimate of drug-likeness (QED) is 0.818. The summed E-state index contributed by atoms with van der Waals surface area (Å²) in [6.45, 7) is -0.00883. The fraction of sp³-hybridized carbons (Fsp3) is 0.143. The summed E-state index contributed by atoms with van der Waals surface area (Å²) in [6.07, 6.45) is 0. The summed E-state index contributed by atoms with van der Waals surface area (Å²) < 4.78 is 0. The number of fused-ring (bicyclic) bond motifs is 1. The van der Waals surface area contributed by atoms with E-state index in [0.717, 1.165) is 5.39 Å². The van der Waals surface area contributed by atoms with Gasteiger partial charge in [-0.15, -0.1) is 0 Å². The fourth-order valence-electron chi connectivity index (χ4n) is 1.81. The lowest BCUT2D eigenvalue weighted by atomic mass is 10.0. The van der Waals surface area contributed by atoms with Gasteiger partial charge in [0.15, 0.2) is 0 Å². The highest BCUT2D eigenvalue weighted by atomic mass is 16.3. The number of phenolic OH excluding ortho intramolecular Hbond substituents is 1. The maximum Gasteiger partial charge on any atom is 0.258 e. The smallest absolute Gasteiger partial charge is 0.258 e. The number of hydrogen-bond donors (Lipinski definition) is 1. The van der Waals surface area contributed by atoms with Gasteiger partial charge >= 0.3 is 0 Å². The highest BCUT2D eigenvalue weighted by Crippen LogP contribution is 2.29. The number of aromatic hydroxyl groups is 1. The molecule has 4 nitrogen and oxygen atoms in total. The highest BCUT2D eigenvalue weighted by Gasteiger charge is 2.16. The predicted molar refractivity (Wildman–Crippen MR) is 68.2 cm³/mol. The molecule has 4 heteroatoms. The van der Waals surface area contributed by atoms with Crippen molar-refractivity contribution in [2.24, 2.45) is 0 Å². The Morgan fingerprint density at radius 2 is 2.06 bits per heavy atom. The minimum atomic E-state index is -0.361. The average Bonchev–Trinajstić information content (AvgIpc) is 2.39. The van der Waals surface area contributed by atoms with E-state index in [4.69, 9.17) is 5.26 Å². The molecule has 0 spiro atoms. The topological polar surface area (TPSA) is 64.3 Å². The number of nitrogens with zero attached hydrogens (tertiary/aromatic N) is 2. The lowest BCUT2D eigenvalue weighted by Crippen LogP contribution is -2.27. The van der Waals surface area contributed by atoms with E-state index in [-0.39, 0.29) is 23.8 Å². The summed E-state index contributed by atoms with van der Waals surface area (Å²) in [6, 6.07) is 12.5. The van der Waals surface area contributed by atoms with Gasteiger partial charge in [-0.3, -0.25) is 4.79 Å². The molecule has 0 saturated heterocycles. The van der Waals surface area contributed by atoms with Crippen molar-refractivity contribution in [2.75, 3.05) is 13.6 Å². The second kappa shape index (κ2) is 4.76. The van der Waals surface area contributed by atoms with E-state index in [1.807, 2.05) is 18.2 Å². The van der Waals surface area contributed by atoms with Crippen LogP contribution in [-0.2, 0) is 0 Å².